The largest absolute Gasteiger partial charge is 0.397 e. The molecule has 1 rings (SSSR count). The fourth-order valence-electron chi connectivity index (χ4n) is 0.806. The summed E-state index contributed by atoms with van der Waals surface area (Å²) in [5.74, 6) is 3.26. The van der Waals surface area contributed by atoms with Crippen molar-refractivity contribution in [3.63, 3.8) is 0 Å². The number of anilines is 2. The van der Waals surface area contributed by atoms with Gasteiger partial charge in [0.1, 0.15) is 5.82 Å². The highest BCUT2D eigenvalue weighted by molar-refractivity contribution is 9.10. The normalized spacial score (nSPS) is 11.8. The Kier molecular flexibility index (Phi) is 3.15. The second-order valence-corrected chi connectivity index (χ2v) is 3.49. The summed E-state index contributed by atoms with van der Waals surface area (Å²) < 4.78 is 0.814. The molecule has 1 unspecified atom stereocenters. The molecule has 3 N–H and O–H groups in total. The van der Waals surface area contributed by atoms with Gasteiger partial charge in [-0.2, -0.15) is 0 Å². The van der Waals surface area contributed by atoms with Crippen LogP contribution in [0.4, 0.5) is 11.5 Å². The van der Waals surface area contributed by atoms with Crippen molar-refractivity contribution < 1.29 is 0 Å². The van der Waals surface area contributed by atoms with E-state index in [0.717, 1.165) is 4.47 Å². The molecule has 13 heavy (non-hydrogen) atoms. The minimum atomic E-state index is -0.0487. The fourth-order valence-corrected chi connectivity index (χ4v) is 1.29. The van der Waals surface area contributed by atoms with Crippen LogP contribution in [0.3, 0.4) is 0 Å². The molecule has 0 bridgehead atoms. The van der Waals surface area contributed by atoms with Crippen LogP contribution in [-0.2, 0) is 0 Å². The number of pyridine rings is 1. The lowest BCUT2D eigenvalue weighted by Gasteiger charge is -2.09. The van der Waals surface area contributed by atoms with Crippen LogP contribution in [0, 0.1) is 12.3 Å². The monoisotopic (exact) mass is 239 g/mol. The van der Waals surface area contributed by atoms with Crippen LogP contribution in [0.5, 0.6) is 0 Å². The number of rotatable bonds is 2. The third-order valence-electron chi connectivity index (χ3n) is 1.47. The maximum absolute atomic E-state index is 5.53. The molecule has 0 fully saturated rings. The van der Waals surface area contributed by atoms with Crippen molar-refractivity contribution >= 4 is 27.4 Å². The Hall–Kier alpha value is -1.21. The molecule has 0 amide bonds. The Bertz CT molecular complexity index is 343. The van der Waals surface area contributed by atoms with Gasteiger partial charge in [-0.05, 0) is 28.9 Å². The van der Waals surface area contributed by atoms with E-state index in [4.69, 9.17) is 12.2 Å². The first-order valence-electron chi connectivity index (χ1n) is 3.77. The van der Waals surface area contributed by atoms with Gasteiger partial charge < -0.3 is 11.1 Å². The number of nitrogens with two attached hydrogens (primary N) is 1. The first-order chi connectivity index (χ1) is 6.13. The third kappa shape index (κ3) is 2.63. The van der Waals surface area contributed by atoms with Crippen LogP contribution in [0.25, 0.3) is 0 Å². The topological polar surface area (TPSA) is 50.9 Å². The number of nitrogens with zero attached hydrogens (tertiary/aromatic N) is 1. The lowest BCUT2D eigenvalue weighted by Crippen LogP contribution is -2.13. The van der Waals surface area contributed by atoms with Gasteiger partial charge in [0.05, 0.1) is 22.4 Å². The number of hydrogen-bond acceptors (Lipinski definition) is 3. The molecule has 0 saturated heterocycles. The molecule has 1 atom stereocenters. The van der Waals surface area contributed by atoms with Gasteiger partial charge >= 0.3 is 0 Å². The van der Waals surface area contributed by atoms with Crippen LogP contribution in [0.1, 0.15) is 6.92 Å². The molecule has 0 spiro atoms. The average Bonchev–Trinajstić information content (AvgIpc) is 2.09. The number of nitrogen functional groups attached to an aromatic ring is 1. The summed E-state index contributed by atoms with van der Waals surface area (Å²) in [6.45, 7) is 1.88. The number of aromatic nitrogens is 1. The summed E-state index contributed by atoms with van der Waals surface area (Å²) in [5, 5.41) is 3.04. The van der Waals surface area contributed by atoms with Gasteiger partial charge in [-0.3, -0.25) is 0 Å². The first-order valence-corrected chi connectivity index (χ1v) is 4.56. The standard InChI is InChI=1S/C9H10BrN3/c1-3-6(2)13-9-8(10)4-7(11)5-12-9/h1,4-6H,11H2,2H3,(H,12,13). The second-order valence-electron chi connectivity index (χ2n) is 2.63. The van der Waals surface area contributed by atoms with Crippen LogP contribution < -0.4 is 11.1 Å². The molecule has 0 saturated carbocycles. The van der Waals surface area contributed by atoms with Crippen molar-refractivity contribution in [3.05, 3.63) is 16.7 Å². The summed E-state index contributed by atoms with van der Waals surface area (Å²) in [6.07, 6.45) is 6.80. The van der Waals surface area contributed by atoms with Crippen LogP contribution in [0.15, 0.2) is 16.7 Å². The molecule has 0 radical (unpaired) electrons. The zero-order chi connectivity index (χ0) is 9.84. The minimum Gasteiger partial charge on any atom is -0.397 e. The third-order valence-corrected chi connectivity index (χ3v) is 2.07. The van der Waals surface area contributed by atoms with Crippen molar-refractivity contribution in [2.75, 3.05) is 11.1 Å². The van der Waals surface area contributed by atoms with Gasteiger partial charge in [-0.1, -0.05) is 5.92 Å². The van der Waals surface area contributed by atoms with E-state index in [-0.39, 0.29) is 6.04 Å². The van der Waals surface area contributed by atoms with Crippen LogP contribution >= 0.6 is 15.9 Å². The quantitative estimate of drug-likeness (QED) is 0.775. The molecule has 0 aliphatic heterocycles. The molecule has 4 heteroatoms. The number of hydrogen-bond donors (Lipinski definition) is 2. The van der Waals surface area contributed by atoms with E-state index >= 15 is 0 Å². The maximum Gasteiger partial charge on any atom is 0.141 e. The summed E-state index contributed by atoms with van der Waals surface area (Å²) >= 11 is 3.33. The molecular weight excluding hydrogens is 230 g/mol. The number of halogens is 1. The molecule has 1 aromatic rings. The van der Waals surface area contributed by atoms with Gasteiger partial charge in [0, 0.05) is 0 Å². The van der Waals surface area contributed by atoms with Crippen molar-refractivity contribution in [1.29, 1.82) is 0 Å². The predicted octanol–water partition coefficient (Wildman–Crippen LogP) is 1.86. The zero-order valence-electron chi connectivity index (χ0n) is 7.21. The van der Waals surface area contributed by atoms with Crippen molar-refractivity contribution in [1.82, 2.24) is 4.98 Å². The second kappa shape index (κ2) is 4.15. The van der Waals surface area contributed by atoms with Crippen molar-refractivity contribution in [3.8, 4) is 12.3 Å². The van der Waals surface area contributed by atoms with Gasteiger partial charge in [0.2, 0.25) is 0 Å². The van der Waals surface area contributed by atoms with E-state index in [2.05, 4.69) is 32.2 Å². The highest BCUT2D eigenvalue weighted by Gasteiger charge is 2.03. The summed E-state index contributed by atoms with van der Waals surface area (Å²) in [6, 6.07) is 1.73. The Morgan fingerprint density at radius 3 is 3.00 bits per heavy atom. The van der Waals surface area contributed by atoms with E-state index in [9.17, 15) is 0 Å². The minimum absolute atomic E-state index is 0.0487. The highest BCUT2D eigenvalue weighted by atomic mass is 79.9. The molecule has 68 valence electrons. The van der Waals surface area contributed by atoms with Gasteiger partial charge in [-0.15, -0.1) is 6.42 Å². The molecular formula is C9H10BrN3. The van der Waals surface area contributed by atoms with Crippen LogP contribution in [-0.4, -0.2) is 11.0 Å². The molecule has 1 heterocycles. The first kappa shape index (κ1) is 9.87. The Balaban J connectivity index is 2.85. The van der Waals surface area contributed by atoms with Crippen LogP contribution in [0.2, 0.25) is 0 Å². The lowest BCUT2D eigenvalue weighted by atomic mass is 10.3. The van der Waals surface area contributed by atoms with Crippen molar-refractivity contribution in [2.24, 2.45) is 0 Å². The highest BCUT2D eigenvalue weighted by Crippen LogP contribution is 2.21. The Labute approximate surface area is 85.9 Å². The molecule has 0 aliphatic carbocycles. The zero-order valence-corrected chi connectivity index (χ0v) is 8.80. The van der Waals surface area contributed by atoms with E-state index < -0.39 is 0 Å². The fraction of sp³-hybridized carbons (Fsp3) is 0.222. The smallest absolute Gasteiger partial charge is 0.141 e. The molecule has 3 nitrogen and oxygen atoms in total. The maximum atomic E-state index is 5.53. The van der Waals surface area contributed by atoms with E-state index in [0.29, 0.717) is 11.5 Å². The van der Waals surface area contributed by atoms with Gasteiger partial charge in [0.25, 0.3) is 0 Å². The van der Waals surface area contributed by atoms with E-state index in [1.807, 2.05) is 6.92 Å². The summed E-state index contributed by atoms with van der Waals surface area (Å²) in [5.41, 5.74) is 6.15. The number of nitrogens with one attached hydrogen (secondary N) is 1. The summed E-state index contributed by atoms with van der Waals surface area (Å²) in [7, 11) is 0. The number of terminal acetylenes is 1. The molecule has 0 aliphatic rings. The molecule has 0 aromatic carbocycles. The summed E-state index contributed by atoms with van der Waals surface area (Å²) in [4.78, 5) is 4.09. The van der Waals surface area contributed by atoms with Gasteiger partial charge in [0.15, 0.2) is 0 Å². The SMILES string of the molecule is C#CC(C)Nc1ncc(N)cc1Br. The predicted molar refractivity (Wildman–Crippen MR) is 58.3 cm³/mol. The lowest BCUT2D eigenvalue weighted by molar-refractivity contribution is 1.01. The van der Waals surface area contributed by atoms with Gasteiger partial charge in [-0.25, -0.2) is 4.98 Å². The van der Waals surface area contributed by atoms with Crippen molar-refractivity contribution in [2.45, 2.75) is 13.0 Å². The molecule has 1 aromatic heterocycles. The Morgan fingerprint density at radius 2 is 2.46 bits per heavy atom. The van der Waals surface area contributed by atoms with E-state index in [1.54, 1.807) is 12.3 Å². The average molecular weight is 240 g/mol. The van der Waals surface area contributed by atoms with E-state index in [1.165, 1.54) is 0 Å². The Morgan fingerprint density at radius 1 is 1.77 bits per heavy atom.